The van der Waals surface area contributed by atoms with Crippen molar-refractivity contribution in [2.24, 2.45) is 5.73 Å². The number of nitrogens with zero attached hydrogens (tertiary/aromatic N) is 2. The summed E-state index contributed by atoms with van der Waals surface area (Å²) >= 11 is 0. The smallest absolute Gasteiger partial charge is 0.332 e. The molecular weight excluding hydrogens is 190 g/mol. The van der Waals surface area contributed by atoms with E-state index in [1.165, 1.54) is 5.01 Å². The van der Waals surface area contributed by atoms with Crippen LogP contribution in [-0.2, 0) is 9.78 Å². The van der Waals surface area contributed by atoms with Crippen LogP contribution in [0.4, 0.5) is 9.59 Å². The van der Waals surface area contributed by atoms with E-state index in [0.717, 1.165) is 13.0 Å². The second-order valence-electron chi connectivity index (χ2n) is 3.36. The Hall–Kier alpha value is -1.50. The number of primary amides is 1. The Labute approximate surface area is 80.2 Å². The summed E-state index contributed by atoms with van der Waals surface area (Å²) in [6.07, 6.45) is -0.897. The predicted molar refractivity (Wildman–Crippen MR) is 43.6 cm³/mol. The number of hydrogen-bond donors (Lipinski definition) is 1. The van der Waals surface area contributed by atoms with Crippen molar-refractivity contribution < 1.29 is 19.4 Å². The second-order valence-corrected chi connectivity index (χ2v) is 3.36. The van der Waals surface area contributed by atoms with Crippen molar-refractivity contribution in [3.05, 3.63) is 0 Å². The molecule has 2 amide bonds. The van der Waals surface area contributed by atoms with Crippen molar-refractivity contribution in [1.82, 2.24) is 10.0 Å². The molecule has 0 aromatic carbocycles. The number of nitrogens with two attached hydrogens (primary N) is 1. The van der Waals surface area contributed by atoms with Crippen molar-refractivity contribution in [3.8, 4) is 0 Å². The first kappa shape index (κ1) is 9.07. The summed E-state index contributed by atoms with van der Waals surface area (Å²) in [4.78, 5) is 29.6. The zero-order chi connectivity index (χ0) is 10.3. The lowest BCUT2D eigenvalue weighted by Crippen LogP contribution is -2.65. The molecule has 3 saturated heterocycles. The molecule has 78 valence electrons. The summed E-state index contributed by atoms with van der Waals surface area (Å²) in [5.74, 6) is 0. The Morgan fingerprint density at radius 1 is 1.43 bits per heavy atom. The zero-order valence-electron chi connectivity index (χ0n) is 7.67. The maximum atomic E-state index is 11.3. The molecule has 7 nitrogen and oxygen atoms in total. The molecule has 3 aliphatic rings. The fraction of sp³-hybridized carbons (Fsp3) is 0.714. The van der Waals surface area contributed by atoms with E-state index in [4.69, 9.17) is 0 Å². The van der Waals surface area contributed by atoms with E-state index in [-0.39, 0.29) is 6.04 Å². The summed E-state index contributed by atoms with van der Waals surface area (Å²) in [5.41, 5.74) is 4.64. The zero-order valence-corrected chi connectivity index (χ0v) is 7.67. The van der Waals surface area contributed by atoms with E-state index in [1.54, 1.807) is 0 Å². The number of carbonyl (C=O) groups is 2. The molecule has 0 aromatic rings. The molecule has 2 bridgehead atoms. The van der Waals surface area contributed by atoms with Crippen LogP contribution in [0.25, 0.3) is 0 Å². The van der Waals surface area contributed by atoms with Gasteiger partial charge in [0.15, 0.2) is 0 Å². The topological polar surface area (TPSA) is 85.1 Å². The number of amides is 2. The summed E-state index contributed by atoms with van der Waals surface area (Å²) in [6.45, 7) is 2.86. The van der Waals surface area contributed by atoms with Crippen LogP contribution >= 0.6 is 0 Å². The van der Waals surface area contributed by atoms with E-state index in [0.29, 0.717) is 6.04 Å². The van der Waals surface area contributed by atoms with Crippen molar-refractivity contribution in [2.45, 2.75) is 25.4 Å². The molecule has 3 rings (SSSR count). The molecule has 0 aromatic heterocycles. The fourth-order valence-electron chi connectivity index (χ4n) is 2.01. The number of carbonyl (C=O) groups excluding carboxylic acids is 2. The monoisotopic (exact) mass is 201 g/mol. The average Bonchev–Trinajstić information content (AvgIpc) is 2.71. The highest BCUT2D eigenvalue weighted by Gasteiger charge is 2.53. The van der Waals surface area contributed by atoms with Crippen LogP contribution in [0.5, 0.6) is 0 Å². The van der Waals surface area contributed by atoms with Gasteiger partial charge in [0.2, 0.25) is 0 Å². The first-order valence-electron chi connectivity index (χ1n) is 4.35. The normalized spacial score (nSPS) is 33.5. The lowest BCUT2D eigenvalue weighted by atomic mass is 10.1. The van der Waals surface area contributed by atoms with Gasteiger partial charge in [0.25, 0.3) is 0 Å². The van der Waals surface area contributed by atoms with E-state index >= 15 is 0 Å². The minimum Gasteiger partial charge on any atom is -0.332 e. The Morgan fingerprint density at radius 3 is 2.57 bits per heavy atom. The molecule has 0 spiro atoms. The third kappa shape index (κ3) is 1.17. The lowest BCUT2D eigenvalue weighted by molar-refractivity contribution is -0.221. The van der Waals surface area contributed by atoms with Gasteiger partial charge in [0.05, 0.1) is 6.04 Å². The summed E-state index contributed by atoms with van der Waals surface area (Å²) in [7, 11) is 0. The van der Waals surface area contributed by atoms with E-state index < -0.39 is 12.2 Å². The van der Waals surface area contributed by atoms with Crippen LogP contribution in [0, 0.1) is 0 Å². The molecule has 0 saturated carbocycles. The predicted octanol–water partition coefficient (Wildman–Crippen LogP) is -0.173. The molecule has 0 radical (unpaired) electrons. The molecule has 3 heterocycles. The molecule has 3 fully saturated rings. The minimum absolute atomic E-state index is 0.166. The van der Waals surface area contributed by atoms with Gasteiger partial charge in [-0.25, -0.2) is 29.4 Å². The Kier molecular flexibility index (Phi) is 1.95. The van der Waals surface area contributed by atoms with Crippen LogP contribution in [-0.4, -0.2) is 40.8 Å². The van der Waals surface area contributed by atoms with Gasteiger partial charge in [-0.1, -0.05) is 0 Å². The van der Waals surface area contributed by atoms with Crippen molar-refractivity contribution in [1.29, 1.82) is 0 Å². The standard InChI is InChI=1S/C7H11N3O4/c1-4-5-2-3-9(4)10(5)7(12)14-13-6(8)11/h4-5H,2-3H2,1H3,(H2,8,11)/t4-,5-/m0/s1. The van der Waals surface area contributed by atoms with E-state index in [9.17, 15) is 9.59 Å². The van der Waals surface area contributed by atoms with Gasteiger partial charge in [-0.3, -0.25) is 0 Å². The Balaban J connectivity index is 1.86. The average molecular weight is 201 g/mol. The van der Waals surface area contributed by atoms with Gasteiger partial charge < -0.3 is 5.73 Å². The van der Waals surface area contributed by atoms with Crippen LogP contribution in [0.3, 0.4) is 0 Å². The highest BCUT2D eigenvalue weighted by atomic mass is 17.2. The molecule has 0 aliphatic carbocycles. The summed E-state index contributed by atoms with van der Waals surface area (Å²) in [6, 6.07) is 0.523. The van der Waals surface area contributed by atoms with E-state index in [2.05, 4.69) is 15.5 Å². The number of hydrogen-bond acceptors (Lipinski definition) is 5. The molecule has 14 heavy (non-hydrogen) atoms. The molecular formula is C7H11N3O4. The van der Waals surface area contributed by atoms with Crippen LogP contribution in [0.2, 0.25) is 0 Å². The Bertz CT molecular complexity index is 270. The van der Waals surface area contributed by atoms with Crippen molar-refractivity contribution >= 4 is 12.2 Å². The van der Waals surface area contributed by atoms with Crippen molar-refractivity contribution in [3.63, 3.8) is 0 Å². The largest absolute Gasteiger partial charge is 0.467 e. The molecule has 2 N–H and O–H groups in total. The third-order valence-electron chi connectivity index (χ3n) is 2.65. The second kappa shape index (κ2) is 3.02. The highest BCUT2D eigenvalue weighted by Crippen LogP contribution is 2.36. The number of hydrazine groups is 1. The van der Waals surface area contributed by atoms with Crippen LogP contribution < -0.4 is 5.73 Å². The van der Waals surface area contributed by atoms with Gasteiger partial charge in [-0.05, 0) is 13.3 Å². The van der Waals surface area contributed by atoms with Gasteiger partial charge >= 0.3 is 12.2 Å². The highest BCUT2D eigenvalue weighted by molar-refractivity contribution is 5.71. The van der Waals surface area contributed by atoms with Crippen LogP contribution in [0.1, 0.15) is 13.3 Å². The first-order valence-corrected chi connectivity index (χ1v) is 4.35. The third-order valence-corrected chi connectivity index (χ3v) is 2.65. The molecule has 1 unspecified atom stereocenters. The Morgan fingerprint density at radius 2 is 2.14 bits per heavy atom. The van der Waals surface area contributed by atoms with Gasteiger partial charge in [0.1, 0.15) is 0 Å². The quantitative estimate of drug-likeness (QED) is 0.434. The maximum Gasteiger partial charge on any atom is 0.467 e. The molecule has 3 atom stereocenters. The lowest BCUT2D eigenvalue weighted by Gasteiger charge is -2.46. The molecule has 7 heteroatoms. The fourth-order valence-corrected chi connectivity index (χ4v) is 2.01. The minimum atomic E-state index is -1.13. The van der Waals surface area contributed by atoms with Gasteiger partial charge in [0, 0.05) is 12.6 Å². The van der Waals surface area contributed by atoms with Gasteiger partial charge in [-0.2, -0.15) is 0 Å². The number of fused-ring (bicyclic) bond motifs is 1. The number of rotatable bonds is 0. The van der Waals surface area contributed by atoms with Crippen molar-refractivity contribution in [2.75, 3.05) is 6.54 Å². The maximum absolute atomic E-state index is 11.3. The van der Waals surface area contributed by atoms with Crippen LogP contribution in [0.15, 0.2) is 0 Å². The first-order chi connectivity index (χ1) is 6.61. The van der Waals surface area contributed by atoms with E-state index in [1.807, 2.05) is 11.9 Å². The molecule has 3 aliphatic heterocycles. The summed E-state index contributed by atoms with van der Waals surface area (Å²) < 4.78 is 0. The SMILES string of the molecule is C[C@H]1[C@@H]2CCN1N2C(=O)OOC(N)=O. The van der Waals surface area contributed by atoms with Gasteiger partial charge in [-0.15, -0.1) is 0 Å². The summed E-state index contributed by atoms with van der Waals surface area (Å²) in [5, 5.41) is 3.30.